The van der Waals surface area contributed by atoms with E-state index in [4.69, 9.17) is 16.1 Å². The Morgan fingerprint density at radius 1 is 1.33 bits per heavy atom. The van der Waals surface area contributed by atoms with Gasteiger partial charge in [-0.05, 0) is 6.07 Å². The molecule has 0 aromatic heterocycles. The minimum atomic E-state index is 0.198. The van der Waals surface area contributed by atoms with E-state index < -0.39 is 0 Å². The SMILES string of the molecule is [CH]=CC(C)c1ccccc1OCCOC. The first kappa shape index (κ1) is 11.8. The fourth-order valence-electron chi connectivity index (χ4n) is 1.33. The highest BCUT2D eigenvalue weighted by Crippen LogP contribution is 2.26. The summed E-state index contributed by atoms with van der Waals surface area (Å²) in [6, 6.07) is 7.91. The maximum atomic E-state index is 5.60. The summed E-state index contributed by atoms with van der Waals surface area (Å²) in [5, 5.41) is 0. The van der Waals surface area contributed by atoms with Crippen molar-refractivity contribution in [2.24, 2.45) is 0 Å². The van der Waals surface area contributed by atoms with E-state index in [1.165, 1.54) is 0 Å². The van der Waals surface area contributed by atoms with Crippen LogP contribution in [0.5, 0.6) is 5.75 Å². The second-order valence-corrected chi connectivity index (χ2v) is 3.36. The quantitative estimate of drug-likeness (QED) is 0.665. The van der Waals surface area contributed by atoms with Gasteiger partial charge in [-0.2, -0.15) is 0 Å². The van der Waals surface area contributed by atoms with E-state index in [2.05, 4.69) is 0 Å². The summed E-state index contributed by atoms with van der Waals surface area (Å²) in [5.74, 6) is 1.08. The molecule has 0 aliphatic carbocycles. The third kappa shape index (κ3) is 3.40. The third-order valence-electron chi connectivity index (χ3n) is 2.24. The monoisotopic (exact) mass is 205 g/mol. The number of rotatable bonds is 6. The van der Waals surface area contributed by atoms with Gasteiger partial charge in [0.1, 0.15) is 12.4 Å². The summed E-state index contributed by atoms with van der Waals surface area (Å²) in [5.41, 5.74) is 1.11. The standard InChI is InChI=1S/C13H17O2/c1-4-11(2)12-7-5-6-8-13(12)15-10-9-14-3/h1,4-8,11H,9-10H2,2-3H3. The van der Waals surface area contributed by atoms with Crippen molar-refractivity contribution in [3.05, 3.63) is 42.5 Å². The first-order valence-electron chi connectivity index (χ1n) is 5.05. The number of para-hydroxylation sites is 1. The van der Waals surface area contributed by atoms with Crippen LogP contribution in [0.15, 0.2) is 30.3 Å². The van der Waals surface area contributed by atoms with Crippen LogP contribution >= 0.6 is 0 Å². The van der Waals surface area contributed by atoms with Crippen LogP contribution in [0.25, 0.3) is 0 Å². The molecule has 1 unspecified atom stereocenters. The topological polar surface area (TPSA) is 18.5 Å². The molecule has 0 fully saturated rings. The molecule has 0 heterocycles. The van der Waals surface area contributed by atoms with Gasteiger partial charge in [-0.1, -0.05) is 37.8 Å². The molecule has 2 nitrogen and oxygen atoms in total. The molecule has 0 saturated carbocycles. The van der Waals surface area contributed by atoms with Crippen LogP contribution in [0.4, 0.5) is 0 Å². The Kier molecular flexibility index (Phi) is 4.91. The van der Waals surface area contributed by atoms with Crippen LogP contribution in [-0.4, -0.2) is 20.3 Å². The van der Waals surface area contributed by atoms with Crippen LogP contribution in [0.3, 0.4) is 0 Å². The second kappa shape index (κ2) is 6.25. The van der Waals surface area contributed by atoms with Crippen LogP contribution in [0, 0.1) is 6.58 Å². The maximum absolute atomic E-state index is 5.60. The van der Waals surface area contributed by atoms with Gasteiger partial charge in [-0.15, -0.1) is 0 Å². The molecule has 15 heavy (non-hydrogen) atoms. The van der Waals surface area contributed by atoms with Crippen LogP contribution in [-0.2, 0) is 4.74 Å². The first-order chi connectivity index (χ1) is 7.29. The van der Waals surface area contributed by atoms with Crippen molar-refractivity contribution >= 4 is 0 Å². The van der Waals surface area contributed by atoms with Crippen molar-refractivity contribution in [1.29, 1.82) is 0 Å². The van der Waals surface area contributed by atoms with E-state index in [1.54, 1.807) is 13.2 Å². The Morgan fingerprint density at radius 2 is 2.07 bits per heavy atom. The smallest absolute Gasteiger partial charge is 0.123 e. The lowest BCUT2D eigenvalue weighted by molar-refractivity contribution is 0.145. The molecule has 81 valence electrons. The number of hydrogen-bond acceptors (Lipinski definition) is 2. The summed E-state index contributed by atoms with van der Waals surface area (Å²) < 4.78 is 10.5. The van der Waals surface area contributed by atoms with E-state index in [1.807, 2.05) is 31.2 Å². The molecule has 0 N–H and O–H groups in total. The molecule has 0 aliphatic rings. The van der Waals surface area contributed by atoms with E-state index in [0.29, 0.717) is 13.2 Å². The lowest BCUT2D eigenvalue weighted by Gasteiger charge is -2.13. The van der Waals surface area contributed by atoms with Gasteiger partial charge in [0.2, 0.25) is 0 Å². The number of benzene rings is 1. The highest BCUT2D eigenvalue weighted by molar-refractivity contribution is 5.37. The van der Waals surface area contributed by atoms with E-state index >= 15 is 0 Å². The normalized spacial score (nSPS) is 12.1. The molecule has 1 aromatic rings. The van der Waals surface area contributed by atoms with E-state index in [9.17, 15) is 0 Å². The molecular formula is C13H17O2. The van der Waals surface area contributed by atoms with Gasteiger partial charge < -0.3 is 9.47 Å². The van der Waals surface area contributed by atoms with Gasteiger partial charge in [0.05, 0.1) is 6.61 Å². The summed E-state index contributed by atoms with van der Waals surface area (Å²) in [4.78, 5) is 0. The molecule has 0 amide bonds. The summed E-state index contributed by atoms with van der Waals surface area (Å²) in [7, 11) is 1.66. The zero-order valence-electron chi connectivity index (χ0n) is 9.27. The minimum absolute atomic E-state index is 0.198. The molecule has 0 spiro atoms. The fraction of sp³-hybridized carbons (Fsp3) is 0.385. The van der Waals surface area contributed by atoms with Gasteiger partial charge in [-0.25, -0.2) is 0 Å². The zero-order chi connectivity index (χ0) is 11.1. The molecule has 1 radical (unpaired) electrons. The first-order valence-corrected chi connectivity index (χ1v) is 5.05. The van der Waals surface area contributed by atoms with Crippen LogP contribution in [0.2, 0.25) is 0 Å². The summed E-state index contributed by atoms with van der Waals surface area (Å²) in [6.07, 6.45) is 1.67. The molecule has 2 heteroatoms. The average molecular weight is 205 g/mol. The van der Waals surface area contributed by atoms with Crippen LogP contribution < -0.4 is 4.74 Å². The fourth-order valence-corrected chi connectivity index (χ4v) is 1.33. The minimum Gasteiger partial charge on any atom is -0.491 e. The third-order valence-corrected chi connectivity index (χ3v) is 2.24. The Labute approximate surface area is 91.5 Å². The Morgan fingerprint density at radius 3 is 2.73 bits per heavy atom. The van der Waals surface area contributed by atoms with Gasteiger partial charge in [0.25, 0.3) is 0 Å². The summed E-state index contributed by atoms with van der Waals surface area (Å²) >= 11 is 0. The van der Waals surface area contributed by atoms with Crippen molar-refractivity contribution in [3.8, 4) is 5.75 Å². The maximum Gasteiger partial charge on any atom is 0.123 e. The molecule has 0 saturated heterocycles. The predicted molar refractivity (Wildman–Crippen MR) is 61.1 cm³/mol. The predicted octanol–water partition coefficient (Wildman–Crippen LogP) is 2.80. The van der Waals surface area contributed by atoms with E-state index in [0.717, 1.165) is 11.3 Å². The molecule has 0 bridgehead atoms. The van der Waals surface area contributed by atoms with Gasteiger partial charge >= 0.3 is 0 Å². The van der Waals surface area contributed by atoms with Crippen molar-refractivity contribution in [1.82, 2.24) is 0 Å². The Hall–Kier alpha value is -1.28. The van der Waals surface area contributed by atoms with Crippen LogP contribution in [0.1, 0.15) is 18.4 Å². The average Bonchev–Trinajstić information content (AvgIpc) is 2.29. The number of methoxy groups -OCH3 is 1. The van der Waals surface area contributed by atoms with Gasteiger partial charge in [0.15, 0.2) is 0 Å². The van der Waals surface area contributed by atoms with Gasteiger partial charge in [0, 0.05) is 18.6 Å². The Bertz CT molecular complexity index is 307. The molecular weight excluding hydrogens is 188 g/mol. The Balaban J connectivity index is 2.72. The number of allylic oxidation sites excluding steroid dienone is 1. The van der Waals surface area contributed by atoms with Crippen molar-refractivity contribution in [2.45, 2.75) is 12.8 Å². The van der Waals surface area contributed by atoms with Crippen molar-refractivity contribution < 1.29 is 9.47 Å². The number of ether oxygens (including phenoxy) is 2. The number of hydrogen-bond donors (Lipinski definition) is 0. The second-order valence-electron chi connectivity index (χ2n) is 3.36. The molecule has 0 aliphatic heterocycles. The van der Waals surface area contributed by atoms with Gasteiger partial charge in [-0.3, -0.25) is 0 Å². The molecule has 1 atom stereocenters. The van der Waals surface area contributed by atoms with Crippen molar-refractivity contribution in [3.63, 3.8) is 0 Å². The lowest BCUT2D eigenvalue weighted by Crippen LogP contribution is -2.06. The lowest BCUT2D eigenvalue weighted by atomic mass is 10.0. The van der Waals surface area contributed by atoms with E-state index in [-0.39, 0.29) is 5.92 Å². The zero-order valence-corrected chi connectivity index (χ0v) is 9.27. The highest BCUT2D eigenvalue weighted by Gasteiger charge is 2.07. The highest BCUT2D eigenvalue weighted by atomic mass is 16.5. The summed E-state index contributed by atoms with van der Waals surface area (Å²) in [6.45, 7) is 8.72. The largest absolute Gasteiger partial charge is 0.491 e. The molecule has 1 aromatic carbocycles. The van der Waals surface area contributed by atoms with Crippen molar-refractivity contribution in [2.75, 3.05) is 20.3 Å². The molecule has 1 rings (SSSR count).